The number of hydrogen-bond acceptors (Lipinski definition) is 2. The van der Waals surface area contributed by atoms with E-state index in [4.69, 9.17) is 11.6 Å². The smallest absolute Gasteiger partial charge is 0.0551 e. The molecule has 0 aliphatic carbocycles. The molecule has 96 valence electrons. The second-order valence-corrected chi connectivity index (χ2v) is 7.09. The van der Waals surface area contributed by atoms with Gasteiger partial charge in [-0.05, 0) is 46.6 Å². The molecular formula is C12H17BrClNOS. The molecule has 0 fully saturated rings. The second-order valence-electron chi connectivity index (χ2n) is 4.02. The molecule has 1 aromatic carbocycles. The van der Waals surface area contributed by atoms with Crippen molar-refractivity contribution >= 4 is 38.3 Å². The molecular weight excluding hydrogens is 322 g/mol. The van der Waals surface area contributed by atoms with Gasteiger partial charge in [0.15, 0.2) is 0 Å². The summed E-state index contributed by atoms with van der Waals surface area (Å²) < 4.78 is 12.1. The first kappa shape index (κ1) is 15.2. The zero-order valence-corrected chi connectivity index (χ0v) is 13.2. The largest absolute Gasteiger partial charge is 0.313 e. The van der Waals surface area contributed by atoms with Gasteiger partial charge in [0, 0.05) is 33.3 Å². The van der Waals surface area contributed by atoms with E-state index in [-0.39, 0.29) is 5.25 Å². The van der Waals surface area contributed by atoms with Crippen molar-refractivity contribution in [2.24, 2.45) is 0 Å². The summed E-state index contributed by atoms with van der Waals surface area (Å²) in [4.78, 5) is 0. The number of hydrogen-bond donors (Lipinski definition) is 1. The molecule has 5 heteroatoms. The van der Waals surface area contributed by atoms with Crippen LogP contribution in [0.15, 0.2) is 22.7 Å². The van der Waals surface area contributed by atoms with Gasteiger partial charge in [-0.2, -0.15) is 0 Å². The lowest BCUT2D eigenvalue weighted by molar-refractivity contribution is 0.629. The van der Waals surface area contributed by atoms with Crippen molar-refractivity contribution in [1.82, 2.24) is 5.32 Å². The van der Waals surface area contributed by atoms with E-state index in [0.717, 1.165) is 34.6 Å². The molecule has 0 bridgehead atoms. The Bertz CT molecular complexity index is 400. The molecule has 0 aliphatic rings. The maximum atomic E-state index is 11.2. The highest BCUT2D eigenvalue weighted by atomic mass is 79.9. The average molecular weight is 339 g/mol. The average Bonchev–Trinajstić information content (AvgIpc) is 2.28. The summed E-state index contributed by atoms with van der Waals surface area (Å²) in [5.74, 6) is 0. The Balaban J connectivity index is 2.31. The number of rotatable bonds is 6. The Morgan fingerprint density at radius 3 is 2.82 bits per heavy atom. The summed E-state index contributed by atoms with van der Waals surface area (Å²) >= 11 is 9.36. The lowest BCUT2D eigenvalue weighted by Gasteiger charge is -2.09. The van der Waals surface area contributed by atoms with Crippen LogP contribution in [0.2, 0.25) is 5.02 Å². The number of nitrogens with one attached hydrogen (secondary N) is 1. The standard InChI is InChI=1S/C12H17BrClNOS/c1-9(17(2)16)5-6-15-8-10-3-4-11(13)12(14)7-10/h3-4,7,9,15H,5-6,8H2,1-2H3. The minimum Gasteiger partial charge on any atom is -0.313 e. The molecule has 2 unspecified atom stereocenters. The van der Waals surface area contributed by atoms with Crippen molar-refractivity contribution in [2.45, 2.75) is 25.1 Å². The third-order valence-corrected chi connectivity index (χ3v) is 5.21. The maximum absolute atomic E-state index is 11.2. The zero-order chi connectivity index (χ0) is 12.8. The van der Waals surface area contributed by atoms with Gasteiger partial charge in [-0.15, -0.1) is 0 Å². The Hall–Kier alpha value is 0.1000. The van der Waals surface area contributed by atoms with Gasteiger partial charge in [0.2, 0.25) is 0 Å². The normalized spacial score (nSPS) is 14.6. The minimum absolute atomic E-state index is 0.246. The van der Waals surface area contributed by atoms with E-state index in [1.54, 1.807) is 6.26 Å². The summed E-state index contributed by atoms with van der Waals surface area (Å²) in [6.45, 7) is 3.67. The Morgan fingerprint density at radius 2 is 2.24 bits per heavy atom. The third-order valence-electron chi connectivity index (χ3n) is 2.61. The van der Waals surface area contributed by atoms with Gasteiger partial charge in [0.1, 0.15) is 0 Å². The molecule has 0 saturated heterocycles. The Kier molecular flexibility index (Phi) is 6.70. The van der Waals surface area contributed by atoms with Crippen molar-refractivity contribution in [3.05, 3.63) is 33.3 Å². The SMILES string of the molecule is CC(CCNCc1ccc(Br)c(Cl)c1)S(C)=O. The summed E-state index contributed by atoms with van der Waals surface area (Å²) in [5, 5.41) is 4.30. The predicted octanol–water partition coefficient (Wildman–Crippen LogP) is 3.35. The fourth-order valence-electron chi connectivity index (χ4n) is 1.35. The Morgan fingerprint density at radius 1 is 1.53 bits per heavy atom. The van der Waals surface area contributed by atoms with E-state index >= 15 is 0 Å². The molecule has 0 spiro atoms. The molecule has 0 saturated carbocycles. The van der Waals surface area contributed by atoms with Gasteiger partial charge in [-0.1, -0.05) is 24.6 Å². The highest BCUT2D eigenvalue weighted by Crippen LogP contribution is 2.22. The van der Waals surface area contributed by atoms with Crippen molar-refractivity contribution in [3.63, 3.8) is 0 Å². The lowest BCUT2D eigenvalue weighted by Crippen LogP contribution is -2.20. The van der Waals surface area contributed by atoms with Crippen molar-refractivity contribution in [3.8, 4) is 0 Å². The molecule has 0 aromatic heterocycles. The van der Waals surface area contributed by atoms with Crippen LogP contribution in [0.1, 0.15) is 18.9 Å². The zero-order valence-electron chi connectivity index (χ0n) is 10.0. The quantitative estimate of drug-likeness (QED) is 0.806. The van der Waals surface area contributed by atoms with E-state index in [9.17, 15) is 4.21 Å². The van der Waals surface area contributed by atoms with Gasteiger partial charge in [0.25, 0.3) is 0 Å². The first-order valence-electron chi connectivity index (χ1n) is 5.47. The summed E-state index contributed by atoms with van der Waals surface area (Å²) in [6, 6.07) is 5.92. The molecule has 2 nitrogen and oxygen atoms in total. The van der Waals surface area contributed by atoms with Crippen LogP contribution in [-0.4, -0.2) is 22.3 Å². The van der Waals surface area contributed by atoms with Crippen LogP contribution in [0.4, 0.5) is 0 Å². The van der Waals surface area contributed by atoms with Crippen LogP contribution >= 0.6 is 27.5 Å². The molecule has 1 N–H and O–H groups in total. The van der Waals surface area contributed by atoms with E-state index in [0.29, 0.717) is 0 Å². The summed E-state index contributed by atoms with van der Waals surface area (Å²) in [7, 11) is -0.732. The van der Waals surface area contributed by atoms with Crippen LogP contribution < -0.4 is 5.32 Å². The third kappa shape index (κ3) is 5.51. The van der Waals surface area contributed by atoms with Gasteiger partial charge < -0.3 is 5.32 Å². The number of halogens is 2. The van der Waals surface area contributed by atoms with E-state index in [2.05, 4.69) is 21.2 Å². The molecule has 17 heavy (non-hydrogen) atoms. The fourth-order valence-corrected chi connectivity index (χ4v) is 2.25. The summed E-state index contributed by atoms with van der Waals surface area (Å²) in [5.41, 5.74) is 1.16. The highest BCUT2D eigenvalue weighted by molar-refractivity contribution is 9.10. The van der Waals surface area contributed by atoms with Crippen molar-refractivity contribution in [2.75, 3.05) is 12.8 Å². The topological polar surface area (TPSA) is 29.1 Å². The van der Waals surface area contributed by atoms with Crippen LogP contribution in [-0.2, 0) is 17.3 Å². The molecule has 0 aliphatic heterocycles. The monoisotopic (exact) mass is 337 g/mol. The highest BCUT2D eigenvalue weighted by Gasteiger charge is 2.05. The van der Waals surface area contributed by atoms with Crippen LogP contribution in [0.5, 0.6) is 0 Å². The molecule has 1 rings (SSSR count). The van der Waals surface area contributed by atoms with Crippen LogP contribution in [0.25, 0.3) is 0 Å². The molecule has 1 aromatic rings. The maximum Gasteiger partial charge on any atom is 0.0551 e. The van der Waals surface area contributed by atoms with E-state index in [1.165, 1.54) is 0 Å². The van der Waals surface area contributed by atoms with Crippen LogP contribution in [0.3, 0.4) is 0 Å². The molecule has 0 heterocycles. The van der Waals surface area contributed by atoms with Gasteiger partial charge in [-0.25, -0.2) is 0 Å². The van der Waals surface area contributed by atoms with Gasteiger partial charge in [0.05, 0.1) is 5.02 Å². The minimum atomic E-state index is -0.732. The van der Waals surface area contributed by atoms with E-state index < -0.39 is 10.8 Å². The second kappa shape index (κ2) is 7.52. The lowest BCUT2D eigenvalue weighted by atomic mass is 10.2. The van der Waals surface area contributed by atoms with Gasteiger partial charge >= 0.3 is 0 Å². The number of benzene rings is 1. The van der Waals surface area contributed by atoms with E-state index in [1.807, 2.05) is 25.1 Å². The predicted molar refractivity (Wildman–Crippen MR) is 79.0 cm³/mol. The summed E-state index contributed by atoms with van der Waals surface area (Å²) in [6.07, 6.45) is 2.67. The molecule has 0 radical (unpaired) electrons. The van der Waals surface area contributed by atoms with Gasteiger partial charge in [-0.3, -0.25) is 4.21 Å². The Labute approximate surface area is 119 Å². The van der Waals surface area contributed by atoms with Crippen molar-refractivity contribution < 1.29 is 4.21 Å². The molecule has 0 amide bonds. The first-order chi connectivity index (χ1) is 8.00. The fraction of sp³-hybridized carbons (Fsp3) is 0.500. The van der Waals surface area contributed by atoms with Crippen LogP contribution in [0, 0.1) is 0 Å². The van der Waals surface area contributed by atoms with Crippen molar-refractivity contribution in [1.29, 1.82) is 0 Å². The molecule has 2 atom stereocenters. The first-order valence-corrected chi connectivity index (χ1v) is 8.27.